The molecule has 0 spiro atoms. The first-order valence-corrected chi connectivity index (χ1v) is 7.96. The van der Waals surface area contributed by atoms with Gasteiger partial charge in [0, 0.05) is 8.95 Å². The molecule has 0 atom stereocenters. The zero-order valence-electron chi connectivity index (χ0n) is 11.4. The van der Waals surface area contributed by atoms with Gasteiger partial charge in [0.1, 0.15) is 0 Å². The fraction of sp³-hybridized carbons (Fsp3) is 0.125. The van der Waals surface area contributed by atoms with Crippen LogP contribution in [-0.4, -0.2) is 12.1 Å². The molecule has 0 radical (unpaired) electrons. The van der Waals surface area contributed by atoms with E-state index in [2.05, 4.69) is 42.4 Å². The molecule has 0 saturated heterocycles. The van der Waals surface area contributed by atoms with Gasteiger partial charge in [-0.1, -0.05) is 56.1 Å². The molecule has 0 aromatic heterocycles. The van der Waals surface area contributed by atoms with Crippen molar-refractivity contribution in [1.82, 2.24) is 5.43 Å². The number of hydrazone groups is 1. The van der Waals surface area contributed by atoms with Crippen molar-refractivity contribution in [2.24, 2.45) is 5.10 Å². The van der Waals surface area contributed by atoms with E-state index in [0.717, 1.165) is 25.6 Å². The second-order valence-corrected chi connectivity index (χ2v) is 6.38. The summed E-state index contributed by atoms with van der Waals surface area (Å²) in [5, 5.41) is 3.97. The monoisotopic (exact) mass is 408 g/mol. The van der Waals surface area contributed by atoms with Crippen LogP contribution in [0.15, 0.2) is 56.5 Å². The summed E-state index contributed by atoms with van der Waals surface area (Å²) in [6.45, 7) is 2.02. The number of rotatable bonds is 4. The Morgan fingerprint density at radius 2 is 1.90 bits per heavy atom. The van der Waals surface area contributed by atoms with Gasteiger partial charge in [-0.2, -0.15) is 5.10 Å². The molecule has 0 saturated carbocycles. The van der Waals surface area contributed by atoms with Crippen molar-refractivity contribution in [3.63, 3.8) is 0 Å². The smallest absolute Gasteiger partial charge is 0.244 e. The van der Waals surface area contributed by atoms with Gasteiger partial charge in [0.05, 0.1) is 12.6 Å². The Bertz CT molecular complexity index is 666. The highest BCUT2D eigenvalue weighted by molar-refractivity contribution is 9.10. The van der Waals surface area contributed by atoms with E-state index in [1.54, 1.807) is 6.21 Å². The minimum atomic E-state index is -0.139. The lowest BCUT2D eigenvalue weighted by molar-refractivity contribution is -0.120. The second-order valence-electron chi connectivity index (χ2n) is 4.61. The topological polar surface area (TPSA) is 41.5 Å². The maximum absolute atomic E-state index is 11.8. The van der Waals surface area contributed by atoms with Crippen LogP contribution in [0.2, 0.25) is 0 Å². The third-order valence-electron chi connectivity index (χ3n) is 2.88. The summed E-state index contributed by atoms with van der Waals surface area (Å²) < 4.78 is 2.02. The normalized spacial score (nSPS) is 10.8. The van der Waals surface area contributed by atoms with Gasteiger partial charge in [-0.3, -0.25) is 4.79 Å². The third kappa shape index (κ3) is 5.10. The van der Waals surface area contributed by atoms with E-state index >= 15 is 0 Å². The van der Waals surface area contributed by atoms with Crippen LogP contribution in [-0.2, 0) is 11.2 Å². The van der Waals surface area contributed by atoms with Crippen LogP contribution in [0, 0.1) is 6.92 Å². The largest absolute Gasteiger partial charge is 0.273 e. The van der Waals surface area contributed by atoms with Crippen molar-refractivity contribution in [1.29, 1.82) is 0 Å². The number of hydrogen-bond acceptors (Lipinski definition) is 2. The summed E-state index contributed by atoms with van der Waals surface area (Å²) in [6.07, 6.45) is 1.94. The van der Waals surface area contributed by atoms with Gasteiger partial charge in [0.15, 0.2) is 0 Å². The Hall–Kier alpha value is -1.46. The van der Waals surface area contributed by atoms with Crippen LogP contribution in [0.5, 0.6) is 0 Å². The lowest BCUT2D eigenvalue weighted by Crippen LogP contribution is -2.19. The highest BCUT2D eigenvalue weighted by Gasteiger charge is 2.01. The Kier molecular flexibility index (Phi) is 5.70. The standard InChI is InChI=1S/C16H14Br2N2O/c1-11-2-3-13(8-15(11)18)10-19-20-16(21)9-12-4-6-14(17)7-5-12/h2-8,10H,9H2,1H3,(H,20,21)/b19-10-. The SMILES string of the molecule is Cc1ccc(/C=N\NC(=O)Cc2ccc(Br)cc2)cc1Br. The molecule has 0 heterocycles. The predicted molar refractivity (Wildman–Crippen MR) is 92.5 cm³/mol. The Labute approximate surface area is 140 Å². The first kappa shape index (κ1) is 15.9. The average Bonchev–Trinajstić information content (AvgIpc) is 2.45. The van der Waals surface area contributed by atoms with Crippen LogP contribution in [0.1, 0.15) is 16.7 Å². The zero-order valence-corrected chi connectivity index (χ0v) is 14.6. The molecule has 0 unspecified atom stereocenters. The average molecular weight is 410 g/mol. The van der Waals surface area contributed by atoms with Gasteiger partial charge in [-0.15, -0.1) is 0 Å². The number of benzene rings is 2. The van der Waals surface area contributed by atoms with Crippen molar-refractivity contribution in [3.8, 4) is 0 Å². The Balaban J connectivity index is 1.89. The molecule has 3 nitrogen and oxygen atoms in total. The van der Waals surface area contributed by atoms with Gasteiger partial charge in [-0.05, 0) is 41.8 Å². The Morgan fingerprint density at radius 1 is 1.19 bits per heavy atom. The number of nitrogens with one attached hydrogen (secondary N) is 1. The van der Waals surface area contributed by atoms with Crippen molar-refractivity contribution >= 4 is 44.0 Å². The summed E-state index contributed by atoms with van der Waals surface area (Å²) in [6, 6.07) is 13.5. The van der Waals surface area contributed by atoms with Crippen LogP contribution in [0.3, 0.4) is 0 Å². The lowest BCUT2D eigenvalue weighted by Gasteiger charge is -2.01. The summed E-state index contributed by atoms with van der Waals surface area (Å²) in [5.74, 6) is -0.139. The minimum Gasteiger partial charge on any atom is -0.273 e. The van der Waals surface area contributed by atoms with E-state index in [-0.39, 0.29) is 5.91 Å². The van der Waals surface area contributed by atoms with Crippen molar-refractivity contribution in [2.45, 2.75) is 13.3 Å². The van der Waals surface area contributed by atoms with Crippen LogP contribution in [0.4, 0.5) is 0 Å². The number of carbonyl (C=O) groups is 1. The van der Waals surface area contributed by atoms with Gasteiger partial charge < -0.3 is 0 Å². The molecule has 5 heteroatoms. The van der Waals surface area contributed by atoms with E-state index < -0.39 is 0 Å². The molecule has 108 valence electrons. The molecular formula is C16H14Br2N2O. The molecule has 0 aliphatic rings. The number of nitrogens with zero attached hydrogens (tertiary/aromatic N) is 1. The number of carbonyl (C=O) groups excluding carboxylic acids is 1. The molecule has 1 N–H and O–H groups in total. The molecule has 0 aliphatic carbocycles. The van der Waals surface area contributed by atoms with E-state index in [1.807, 2.05) is 49.4 Å². The minimum absolute atomic E-state index is 0.139. The molecule has 0 fully saturated rings. The number of aryl methyl sites for hydroxylation is 1. The summed E-state index contributed by atoms with van der Waals surface area (Å²) >= 11 is 6.83. The number of hydrogen-bond donors (Lipinski definition) is 1. The van der Waals surface area contributed by atoms with E-state index in [4.69, 9.17) is 0 Å². The van der Waals surface area contributed by atoms with E-state index in [1.165, 1.54) is 0 Å². The van der Waals surface area contributed by atoms with Gasteiger partial charge in [0.25, 0.3) is 0 Å². The highest BCUT2D eigenvalue weighted by Crippen LogP contribution is 2.16. The first-order chi connectivity index (χ1) is 10.0. The summed E-state index contributed by atoms with van der Waals surface area (Å²) in [5.41, 5.74) is 5.57. The zero-order chi connectivity index (χ0) is 15.2. The molecule has 2 aromatic rings. The van der Waals surface area contributed by atoms with Crippen molar-refractivity contribution in [3.05, 3.63) is 68.1 Å². The van der Waals surface area contributed by atoms with E-state index in [9.17, 15) is 4.79 Å². The van der Waals surface area contributed by atoms with Gasteiger partial charge in [0.2, 0.25) is 5.91 Å². The third-order valence-corrected chi connectivity index (χ3v) is 4.26. The molecule has 0 bridgehead atoms. The molecular weight excluding hydrogens is 396 g/mol. The van der Waals surface area contributed by atoms with Crippen molar-refractivity contribution < 1.29 is 4.79 Å². The maximum atomic E-state index is 11.8. The molecule has 21 heavy (non-hydrogen) atoms. The Morgan fingerprint density at radius 3 is 2.57 bits per heavy atom. The molecule has 2 rings (SSSR count). The predicted octanol–water partition coefficient (Wildman–Crippen LogP) is 4.21. The lowest BCUT2D eigenvalue weighted by atomic mass is 10.1. The fourth-order valence-electron chi connectivity index (χ4n) is 1.70. The molecule has 2 aromatic carbocycles. The number of amides is 1. The number of halogens is 2. The quantitative estimate of drug-likeness (QED) is 0.596. The maximum Gasteiger partial charge on any atom is 0.244 e. The van der Waals surface area contributed by atoms with Crippen molar-refractivity contribution in [2.75, 3.05) is 0 Å². The van der Waals surface area contributed by atoms with Crippen LogP contribution in [0.25, 0.3) is 0 Å². The molecule has 1 amide bonds. The van der Waals surface area contributed by atoms with Gasteiger partial charge in [-0.25, -0.2) is 5.43 Å². The highest BCUT2D eigenvalue weighted by atomic mass is 79.9. The summed E-state index contributed by atoms with van der Waals surface area (Å²) in [7, 11) is 0. The van der Waals surface area contributed by atoms with E-state index in [0.29, 0.717) is 6.42 Å². The van der Waals surface area contributed by atoms with Crippen LogP contribution >= 0.6 is 31.9 Å². The molecule has 0 aliphatic heterocycles. The summed E-state index contributed by atoms with van der Waals surface area (Å²) in [4.78, 5) is 11.8. The van der Waals surface area contributed by atoms with Gasteiger partial charge >= 0.3 is 0 Å². The fourth-order valence-corrected chi connectivity index (χ4v) is 2.36. The van der Waals surface area contributed by atoms with Crippen LogP contribution < -0.4 is 5.43 Å². The second kappa shape index (κ2) is 7.52. The first-order valence-electron chi connectivity index (χ1n) is 6.37.